The first-order valence-electron chi connectivity index (χ1n) is 6.85. The third kappa shape index (κ3) is 4.08. The number of aromatic carboxylic acids is 1. The number of rotatable bonds is 8. The van der Waals surface area contributed by atoms with Gasteiger partial charge in [-0.05, 0) is 18.9 Å². The van der Waals surface area contributed by atoms with Crippen LogP contribution in [0, 0.1) is 10.1 Å². The molecule has 7 heteroatoms. The summed E-state index contributed by atoms with van der Waals surface area (Å²) in [5.74, 6) is -3.26. The molecule has 0 amide bonds. The summed E-state index contributed by atoms with van der Waals surface area (Å²) in [4.78, 5) is 21.4. The number of nitro groups is 1. The molecule has 0 saturated heterocycles. The Balaban J connectivity index is 3.07. The van der Waals surface area contributed by atoms with E-state index in [-0.39, 0.29) is 12.0 Å². The first kappa shape index (κ1) is 16.7. The lowest BCUT2D eigenvalue weighted by atomic mass is 9.99. The van der Waals surface area contributed by atoms with Crippen molar-refractivity contribution in [2.24, 2.45) is 0 Å². The number of benzene rings is 1. The second kappa shape index (κ2) is 7.47. The highest BCUT2D eigenvalue weighted by Gasteiger charge is 2.30. The van der Waals surface area contributed by atoms with E-state index in [0.717, 1.165) is 31.7 Å². The molecule has 0 spiro atoms. The minimum Gasteiger partial charge on any atom is -0.504 e. The van der Waals surface area contributed by atoms with E-state index >= 15 is 0 Å². The molecule has 21 heavy (non-hydrogen) atoms. The predicted molar refractivity (Wildman–Crippen MR) is 75.8 cm³/mol. The van der Waals surface area contributed by atoms with E-state index in [0.29, 0.717) is 6.42 Å². The van der Waals surface area contributed by atoms with Crippen molar-refractivity contribution in [3.63, 3.8) is 0 Å². The number of carbonyl (C=O) groups is 1. The van der Waals surface area contributed by atoms with E-state index in [4.69, 9.17) is 5.11 Å². The zero-order valence-electron chi connectivity index (χ0n) is 11.8. The number of phenols is 2. The zero-order valence-corrected chi connectivity index (χ0v) is 11.8. The predicted octanol–water partition coefficient (Wildman–Crippen LogP) is 3.22. The number of phenolic OH excluding ortho intramolecular Hbond substituents is 1. The Kier molecular flexibility index (Phi) is 5.95. The van der Waals surface area contributed by atoms with Gasteiger partial charge < -0.3 is 15.3 Å². The summed E-state index contributed by atoms with van der Waals surface area (Å²) in [6.45, 7) is 2.07. The molecule has 1 rings (SSSR count). The molecule has 0 heterocycles. The van der Waals surface area contributed by atoms with E-state index in [2.05, 4.69) is 6.92 Å². The average Bonchev–Trinajstić information content (AvgIpc) is 2.40. The zero-order chi connectivity index (χ0) is 16.0. The van der Waals surface area contributed by atoms with Crippen LogP contribution in [-0.4, -0.2) is 26.2 Å². The van der Waals surface area contributed by atoms with Gasteiger partial charge in [0.15, 0.2) is 17.1 Å². The minimum atomic E-state index is -1.64. The number of carboxylic acids is 1. The van der Waals surface area contributed by atoms with Gasteiger partial charge in [0.1, 0.15) is 0 Å². The average molecular weight is 297 g/mol. The fourth-order valence-corrected chi connectivity index (χ4v) is 2.22. The highest BCUT2D eigenvalue weighted by Crippen LogP contribution is 2.39. The fourth-order valence-electron chi connectivity index (χ4n) is 2.22. The Morgan fingerprint density at radius 1 is 1.24 bits per heavy atom. The summed E-state index contributed by atoms with van der Waals surface area (Å²) in [5, 5.41) is 39.2. The maximum atomic E-state index is 11.1. The molecule has 0 radical (unpaired) electrons. The number of nitrogens with zero attached hydrogens (tertiary/aromatic N) is 1. The summed E-state index contributed by atoms with van der Waals surface area (Å²) < 4.78 is 0. The van der Waals surface area contributed by atoms with Crippen molar-refractivity contribution >= 4 is 11.7 Å². The van der Waals surface area contributed by atoms with E-state index in [1.54, 1.807) is 0 Å². The van der Waals surface area contributed by atoms with Gasteiger partial charge in [-0.2, -0.15) is 0 Å². The van der Waals surface area contributed by atoms with Crippen molar-refractivity contribution < 1.29 is 25.0 Å². The molecule has 7 nitrogen and oxygen atoms in total. The summed E-state index contributed by atoms with van der Waals surface area (Å²) in [6, 6.07) is 1.07. The van der Waals surface area contributed by atoms with E-state index in [1.165, 1.54) is 0 Å². The second-order valence-electron chi connectivity index (χ2n) is 4.85. The van der Waals surface area contributed by atoms with Gasteiger partial charge in [0, 0.05) is 5.56 Å². The SMILES string of the molecule is CCCCCCCc1cc(O)c(O)c(C(=O)O)c1[N+](=O)[O-]. The molecule has 0 aliphatic heterocycles. The van der Waals surface area contributed by atoms with Crippen LogP contribution in [0.2, 0.25) is 0 Å². The molecule has 1 aromatic rings. The molecular formula is C14H19NO6. The third-order valence-electron chi connectivity index (χ3n) is 3.28. The molecule has 116 valence electrons. The monoisotopic (exact) mass is 297 g/mol. The van der Waals surface area contributed by atoms with Crippen molar-refractivity contribution in [3.05, 3.63) is 27.3 Å². The molecule has 0 aliphatic rings. The maximum absolute atomic E-state index is 11.1. The standard InChI is InChI=1S/C14H19NO6/c1-2-3-4-5-6-7-9-8-10(16)13(17)11(14(18)19)12(9)15(20)21/h8,16-17H,2-7H2,1H3,(H,18,19). The largest absolute Gasteiger partial charge is 0.504 e. The summed E-state index contributed by atoms with van der Waals surface area (Å²) in [7, 11) is 0. The van der Waals surface area contributed by atoms with Gasteiger partial charge in [0.05, 0.1) is 4.92 Å². The van der Waals surface area contributed by atoms with Crippen LogP contribution in [0.4, 0.5) is 5.69 Å². The van der Waals surface area contributed by atoms with Gasteiger partial charge in [0.2, 0.25) is 0 Å². The third-order valence-corrected chi connectivity index (χ3v) is 3.28. The quantitative estimate of drug-likeness (QED) is 0.293. The number of hydrogen-bond donors (Lipinski definition) is 3. The van der Waals surface area contributed by atoms with Crippen LogP contribution >= 0.6 is 0 Å². The smallest absolute Gasteiger partial charge is 0.346 e. The Morgan fingerprint density at radius 2 is 1.86 bits per heavy atom. The summed E-state index contributed by atoms with van der Waals surface area (Å²) >= 11 is 0. The van der Waals surface area contributed by atoms with Crippen LogP contribution < -0.4 is 0 Å². The number of unbranched alkanes of at least 4 members (excludes halogenated alkanes) is 4. The summed E-state index contributed by atoms with van der Waals surface area (Å²) in [5.41, 5.74) is -1.37. The van der Waals surface area contributed by atoms with Gasteiger partial charge in [0.25, 0.3) is 5.69 Å². The van der Waals surface area contributed by atoms with Gasteiger partial charge in [-0.15, -0.1) is 0 Å². The van der Waals surface area contributed by atoms with E-state index < -0.39 is 33.6 Å². The highest BCUT2D eigenvalue weighted by molar-refractivity contribution is 5.97. The minimum absolute atomic E-state index is 0.129. The Bertz CT molecular complexity index is 541. The molecule has 0 bridgehead atoms. The molecule has 0 fully saturated rings. The first-order valence-corrected chi connectivity index (χ1v) is 6.85. The number of carboxylic acid groups (broad SMARTS) is 1. The lowest BCUT2D eigenvalue weighted by Gasteiger charge is -2.09. The van der Waals surface area contributed by atoms with Gasteiger partial charge >= 0.3 is 5.97 Å². The Hall–Kier alpha value is -2.31. The van der Waals surface area contributed by atoms with Crippen molar-refractivity contribution in [3.8, 4) is 11.5 Å². The molecule has 0 unspecified atom stereocenters. The van der Waals surface area contributed by atoms with Crippen LogP contribution in [0.15, 0.2) is 6.07 Å². The second-order valence-corrected chi connectivity index (χ2v) is 4.85. The highest BCUT2D eigenvalue weighted by atomic mass is 16.6. The van der Waals surface area contributed by atoms with Crippen molar-refractivity contribution in [1.82, 2.24) is 0 Å². The van der Waals surface area contributed by atoms with E-state index in [1.807, 2.05) is 0 Å². The molecule has 0 aromatic heterocycles. The number of nitro benzene ring substituents is 1. The van der Waals surface area contributed by atoms with Crippen LogP contribution in [0.25, 0.3) is 0 Å². The van der Waals surface area contributed by atoms with Crippen LogP contribution in [-0.2, 0) is 6.42 Å². The number of aryl methyl sites for hydroxylation is 1. The van der Waals surface area contributed by atoms with Crippen LogP contribution in [0.5, 0.6) is 11.5 Å². The van der Waals surface area contributed by atoms with Crippen molar-refractivity contribution in [1.29, 1.82) is 0 Å². The molecule has 3 N–H and O–H groups in total. The van der Waals surface area contributed by atoms with Gasteiger partial charge in [-0.25, -0.2) is 4.79 Å². The lowest BCUT2D eigenvalue weighted by molar-refractivity contribution is -0.386. The van der Waals surface area contributed by atoms with Gasteiger partial charge in [-0.1, -0.05) is 32.6 Å². The summed E-state index contributed by atoms with van der Waals surface area (Å²) in [6.07, 6.45) is 4.96. The maximum Gasteiger partial charge on any atom is 0.346 e. The lowest BCUT2D eigenvalue weighted by Crippen LogP contribution is -2.07. The number of hydrogen-bond acceptors (Lipinski definition) is 5. The Morgan fingerprint density at radius 3 is 2.38 bits per heavy atom. The topological polar surface area (TPSA) is 121 Å². The van der Waals surface area contributed by atoms with Crippen LogP contribution in [0.1, 0.15) is 54.9 Å². The molecule has 0 aliphatic carbocycles. The molecule has 0 saturated carbocycles. The van der Waals surface area contributed by atoms with Crippen molar-refractivity contribution in [2.45, 2.75) is 45.4 Å². The van der Waals surface area contributed by atoms with E-state index in [9.17, 15) is 25.1 Å². The molecule has 0 atom stereocenters. The first-order chi connectivity index (χ1) is 9.90. The van der Waals surface area contributed by atoms with Gasteiger partial charge in [-0.3, -0.25) is 10.1 Å². The number of aromatic hydroxyl groups is 2. The normalized spacial score (nSPS) is 10.5. The van der Waals surface area contributed by atoms with Crippen LogP contribution in [0.3, 0.4) is 0 Å². The molecule has 1 aromatic carbocycles. The molecular weight excluding hydrogens is 278 g/mol. The Labute approximate surface area is 122 Å². The fraction of sp³-hybridized carbons (Fsp3) is 0.500. The van der Waals surface area contributed by atoms with Crippen molar-refractivity contribution in [2.75, 3.05) is 0 Å².